The predicted molar refractivity (Wildman–Crippen MR) is 48.7 cm³/mol. The van der Waals surface area contributed by atoms with Gasteiger partial charge in [0, 0.05) is 0 Å². The molecule has 0 amide bonds. The van der Waals surface area contributed by atoms with E-state index >= 15 is 0 Å². The molecule has 0 radical (unpaired) electrons. The topological polar surface area (TPSA) is 98.6 Å². The Morgan fingerprint density at radius 3 is 1.25 bits per heavy atom. The summed E-state index contributed by atoms with van der Waals surface area (Å²) in [6.45, 7) is 8.75. The normalized spacial score (nSPS) is 10.8. The van der Waals surface area contributed by atoms with Gasteiger partial charge in [-0.2, -0.15) is 8.42 Å². The van der Waals surface area contributed by atoms with E-state index in [2.05, 4.69) is 31.9 Å². The molecule has 0 heterocycles. The Hall–Kier alpha value is -0.170. The molecule has 0 aliphatic rings. The Kier molecular flexibility index (Phi) is 9.43. The SMILES string of the molecule is CC(C)(C)C.COS(=O)(=O)O.N. The summed E-state index contributed by atoms with van der Waals surface area (Å²) < 4.78 is 29.7. The van der Waals surface area contributed by atoms with Crippen LogP contribution >= 0.6 is 0 Å². The molecular weight excluding hydrogens is 182 g/mol. The lowest BCUT2D eigenvalue weighted by atomic mass is 10.0. The summed E-state index contributed by atoms with van der Waals surface area (Å²) in [6.07, 6.45) is 0. The molecule has 12 heavy (non-hydrogen) atoms. The number of rotatable bonds is 1. The second-order valence-corrected chi connectivity index (χ2v) is 4.78. The lowest BCUT2D eigenvalue weighted by molar-refractivity contribution is 0.324. The molecular formula is C6H19NO4S. The third kappa shape index (κ3) is 95.7. The number of hydrogen-bond acceptors (Lipinski definition) is 4. The van der Waals surface area contributed by atoms with E-state index in [1.165, 1.54) is 0 Å². The Balaban J connectivity index is -0.000000126. The minimum Gasteiger partial charge on any atom is -0.344 e. The zero-order valence-corrected chi connectivity index (χ0v) is 9.10. The van der Waals surface area contributed by atoms with E-state index in [-0.39, 0.29) is 6.15 Å². The summed E-state index contributed by atoms with van der Waals surface area (Å²) in [4.78, 5) is 0. The Labute approximate surface area is 74.7 Å². The highest BCUT2D eigenvalue weighted by Gasteiger charge is 1.95. The van der Waals surface area contributed by atoms with Gasteiger partial charge in [0.25, 0.3) is 0 Å². The third-order valence-electron chi connectivity index (χ3n) is 0.211. The van der Waals surface area contributed by atoms with Crippen molar-refractivity contribution in [2.75, 3.05) is 7.11 Å². The van der Waals surface area contributed by atoms with Gasteiger partial charge in [-0.05, 0) is 5.41 Å². The van der Waals surface area contributed by atoms with Crippen molar-refractivity contribution in [3.8, 4) is 0 Å². The van der Waals surface area contributed by atoms with Crippen molar-refractivity contribution in [3.63, 3.8) is 0 Å². The highest BCUT2D eigenvalue weighted by Crippen LogP contribution is 2.07. The molecule has 0 unspecified atom stereocenters. The van der Waals surface area contributed by atoms with Gasteiger partial charge in [0.05, 0.1) is 7.11 Å². The average molecular weight is 201 g/mol. The van der Waals surface area contributed by atoms with Gasteiger partial charge < -0.3 is 6.15 Å². The van der Waals surface area contributed by atoms with E-state index in [9.17, 15) is 8.42 Å². The highest BCUT2D eigenvalue weighted by atomic mass is 32.3. The Bertz CT molecular complexity index is 174. The second kappa shape index (κ2) is 6.36. The van der Waals surface area contributed by atoms with Crippen LogP contribution in [0.4, 0.5) is 0 Å². The van der Waals surface area contributed by atoms with Crippen LogP contribution in [0.3, 0.4) is 0 Å². The highest BCUT2D eigenvalue weighted by molar-refractivity contribution is 7.80. The van der Waals surface area contributed by atoms with Crippen molar-refractivity contribution in [2.45, 2.75) is 27.7 Å². The minimum absolute atomic E-state index is 0. The van der Waals surface area contributed by atoms with Crippen molar-refractivity contribution in [2.24, 2.45) is 5.41 Å². The first kappa shape index (κ1) is 17.8. The minimum atomic E-state index is -4.16. The maximum Gasteiger partial charge on any atom is 0.397 e. The van der Waals surface area contributed by atoms with E-state index in [1.54, 1.807) is 0 Å². The van der Waals surface area contributed by atoms with Gasteiger partial charge in [0.1, 0.15) is 0 Å². The summed E-state index contributed by atoms with van der Waals surface area (Å²) in [6, 6.07) is 0. The standard InChI is InChI=1S/C5H12.CH4O4S.H3N/c1-5(2,3)4;1-5-6(2,3)4;/h1-4H3;1H3,(H,2,3,4);1H3. The van der Waals surface area contributed by atoms with Crippen LogP contribution in [0.15, 0.2) is 0 Å². The van der Waals surface area contributed by atoms with Crippen molar-refractivity contribution in [1.82, 2.24) is 6.15 Å². The van der Waals surface area contributed by atoms with Gasteiger partial charge in [-0.3, -0.25) is 8.74 Å². The van der Waals surface area contributed by atoms with Crippen LogP contribution in [0.25, 0.3) is 0 Å². The van der Waals surface area contributed by atoms with Crippen LogP contribution in [0.5, 0.6) is 0 Å². The smallest absolute Gasteiger partial charge is 0.344 e. The first-order valence-corrected chi connectivity index (χ1v) is 4.46. The summed E-state index contributed by atoms with van der Waals surface area (Å²) in [7, 11) is -3.29. The van der Waals surface area contributed by atoms with E-state index < -0.39 is 10.4 Å². The van der Waals surface area contributed by atoms with Crippen LogP contribution in [0, 0.1) is 5.41 Å². The molecule has 6 heteroatoms. The van der Waals surface area contributed by atoms with Gasteiger partial charge >= 0.3 is 10.4 Å². The molecule has 0 atom stereocenters. The average Bonchev–Trinajstić information content (AvgIpc) is 1.59. The summed E-state index contributed by atoms with van der Waals surface area (Å²) in [5.41, 5.74) is 0.500. The third-order valence-corrected chi connectivity index (χ3v) is 0.632. The summed E-state index contributed by atoms with van der Waals surface area (Å²) in [5.74, 6) is 0. The van der Waals surface area contributed by atoms with E-state index in [0.717, 1.165) is 7.11 Å². The van der Waals surface area contributed by atoms with Crippen LogP contribution < -0.4 is 6.15 Å². The monoisotopic (exact) mass is 201 g/mol. The Morgan fingerprint density at radius 1 is 1.17 bits per heavy atom. The fourth-order valence-electron chi connectivity index (χ4n) is 0. The van der Waals surface area contributed by atoms with Gasteiger partial charge in [-0.1, -0.05) is 27.7 Å². The maximum atomic E-state index is 9.33. The van der Waals surface area contributed by atoms with Gasteiger partial charge in [-0.25, -0.2) is 0 Å². The van der Waals surface area contributed by atoms with E-state index in [4.69, 9.17) is 4.55 Å². The van der Waals surface area contributed by atoms with Crippen molar-refractivity contribution in [1.29, 1.82) is 0 Å². The zero-order valence-electron chi connectivity index (χ0n) is 8.29. The fraction of sp³-hybridized carbons (Fsp3) is 1.00. The maximum absolute atomic E-state index is 9.33. The summed E-state index contributed by atoms with van der Waals surface area (Å²) in [5, 5.41) is 0. The largest absolute Gasteiger partial charge is 0.397 e. The van der Waals surface area contributed by atoms with E-state index in [1.807, 2.05) is 0 Å². The first-order chi connectivity index (χ1) is 4.56. The van der Waals surface area contributed by atoms with Gasteiger partial charge in [0.15, 0.2) is 0 Å². The fourth-order valence-corrected chi connectivity index (χ4v) is 0. The lowest BCUT2D eigenvalue weighted by Crippen LogP contribution is -1.96. The van der Waals surface area contributed by atoms with Gasteiger partial charge in [-0.15, -0.1) is 0 Å². The van der Waals surface area contributed by atoms with Crippen molar-refractivity contribution < 1.29 is 17.2 Å². The molecule has 0 aliphatic heterocycles. The second-order valence-electron chi connectivity index (χ2n) is 3.59. The molecule has 0 fully saturated rings. The summed E-state index contributed by atoms with van der Waals surface area (Å²) >= 11 is 0. The van der Waals surface area contributed by atoms with Crippen molar-refractivity contribution >= 4 is 10.4 Å². The molecule has 0 spiro atoms. The predicted octanol–water partition coefficient (Wildman–Crippen LogP) is 1.65. The molecule has 0 aliphatic carbocycles. The molecule has 0 saturated carbocycles. The molecule has 0 aromatic heterocycles. The van der Waals surface area contributed by atoms with Gasteiger partial charge in [0.2, 0.25) is 0 Å². The Morgan fingerprint density at radius 2 is 1.25 bits per heavy atom. The quantitative estimate of drug-likeness (QED) is 0.628. The van der Waals surface area contributed by atoms with Crippen LogP contribution in [-0.4, -0.2) is 20.1 Å². The molecule has 0 aromatic carbocycles. The lowest BCUT2D eigenvalue weighted by Gasteiger charge is -2.05. The molecule has 0 saturated heterocycles. The van der Waals surface area contributed by atoms with E-state index in [0.29, 0.717) is 5.41 Å². The number of hydrogen-bond donors (Lipinski definition) is 2. The molecule has 5 nitrogen and oxygen atoms in total. The van der Waals surface area contributed by atoms with Crippen LogP contribution in [0.1, 0.15) is 27.7 Å². The van der Waals surface area contributed by atoms with Crippen LogP contribution in [-0.2, 0) is 14.6 Å². The molecule has 0 rings (SSSR count). The first-order valence-electron chi connectivity index (χ1n) is 3.09. The van der Waals surface area contributed by atoms with Crippen LogP contribution in [0.2, 0.25) is 0 Å². The molecule has 78 valence electrons. The molecule has 0 bridgehead atoms. The molecule has 4 N–H and O–H groups in total. The van der Waals surface area contributed by atoms with Crippen molar-refractivity contribution in [3.05, 3.63) is 0 Å². The molecule has 0 aromatic rings. The zero-order chi connectivity index (χ0) is 9.71.